The molecular formula is C14H17ClF4N4O2. The molecule has 0 saturated carbocycles. The van der Waals surface area contributed by atoms with E-state index in [0.717, 1.165) is 0 Å². The maximum Gasteiger partial charge on any atom is 0.287 e. The monoisotopic (exact) mass is 384 g/mol. The van der Waals surface area contributed by atoms with Gasteiger partial charge in [0.25, 0.3) is 18.8 Å². The average molecular weight is 385 g/mol. The topological polar surface area (TPSA) is 70.7 Å². The van der Waals surface area contributed by atoms with Crippen LogP contribution in [0.3, 0.4) is 0 Å². The fourth-order valence-corrected chi connectivity index (χ4v) is 2.79. The molecule has 1 amide bonds. The molecule has 1 aromatic rings. The highest BCUT2D eigenvalue weighted by Gasteiger charge is 2.54. The van der Waals surface area contributed by atoms with Crippen molar-refractivity contribution >= 4 is 23.2 Å². The van der Waals surface area contributed by atoms with Crippen LogP contribution < -0.4 is 0 Å². The first-order valence-corrected chi connectivity index (χ1v) is 7.83. The molecule has 0 aliphatic carbocycles. The molecule has 0 aromatic carbocycles. The minimum atomic E-state index is -3.47. The number of hydrazone groups is 1. The summed E-state index contributed by atoms with van der Waals surface area (Å²) in [4.78, 5) is 12.7. The number of aliphatic hydroxyl groups is 1. The Morgan fingerprint density at radius 2 is 1.96 bits per heavy atom. The van der Waals surface area contributed by atoms with E-state index in [-0.39, 0.29) is 11.4 Å². The lowest BCUT2D eigenvalue weighted by Crippen LogP contribution is -2.53. The molecule has 0 saturated heterocycles. The third-order valence-corrected chi connectivity index (χ3v) is 4.60. The number of aryl methyl sites for hydroxylation is 1. The molecule has 2 rings (SSSR count). The van der Waals surface area contributed by atoms with Crippen LogP contribution in [0.25, 0.3) is 0 Å². The molecule has 0 bridgehead atoms. The third-order valence-electron chi connectivity index (χ3n) is 4.05. The van der Waals surface area contributed by atoms with Crippen molar-refractivity contribution in [1.82, 2.24) is 14.8 Å². The van der Waals surface area contributed by atoms with Crippen molar-refractivity contribution in [2.75, 3.05) is 0 Å². The van der Waals surface area contributed by atoms with Gasteiger partial charge in [0.2, 0.25) is 5.72 Å². The summed E-state index contributed by atoms with van der Waals surface area (Å²) in [5.74, 6) is -1.07. The van der Waals surface area contributed by atoms with Gasteiger partial charge in [-0.1, -0.05) is 18.5 Å². The van der Waals surface area contributed by atoms with Crippen molar-refractivity contribution in [2.45, 2.75) is 58.2 Å². The molecule has 0 fully saturated rings. The maximum atomic E-state index is 13.3. The molecule has 0 radical (unpaired) electrons. The molecule has 1 aromatic heterocycles. The molecule has 2 heterocycles. The van der Waals surface area contributed by atoms with Gasteiger partial charge in [0.05, 0.1) is 16.4 Å². The summed E-state index contributed by atoms with van der Waals surface area (Å²) in [6.07, 6.45) is -7.65. The molecular weight excluding hydrogens is 368 g/mol. The maximum absolute atomic E-state index is 13.3. The van der Waals surface area contributed by atoms with E-state index in [1.807, 2.05) is 0 Å². The fraction of sp³-hybridized carbons (Fsp3) is 0.643. The molecule has 6 nitrogen and oxygen atoms in total. The number of rotatable bonds is 5. The Balaban J connectivity index is 2.45. The highest BCUT2D eigenvalue weighted by Crippen LogP contribution is 2.36. The Labute approximate surface area is 146 Å². The number of amides is 1. The third kappa shape index (κ3) is 3.24. The summed E-state index contributed by atoms with van der Waals surface area (Å²) in [5, 5.41) is 17.8. The van der Waals surface area contributed by atoms with Crippen molar-refractivity contribution in [2.24, 2.45) is 5.10 Å². The van der Waals surface area contributed by atoms with Crippen LogP contribution in [0.4, 0.5) is 17.6 Å². The molecule has 140 valence electrons. The van der Waals surface area contributed by atoms with Gasteiger partial charge in [-0.2, -0.15) is 15.2 Å². The average Bonchev–Trinajstić information content (AvgIpc) is 3.02. The lowest BCUT2D eigenvalue weighted by Gasteiger charge is -2.32. The van der Waals surface area contributed by atoms with Gasteiger partial charge in [-0.3, -0.25) is 9.48 Å². The van der Waals surface area contributed by atoms with Crippen molar-refractivity contribution in [3.05, 3.63) is 16.4 Å². The van der Waals surface area contributed by atoms with Crippen LogP contribution >= 0.6 is 11.6 Å². The second-order valence-electron chi connectivity index (χ2n) is 5.75. The molecule has 0 unspecified atom stereocenters. The van der Waals surface area contributed by atoms with Crippen molar-refractivity contribution < 1.29 is 27.5 Å². The second-order valence-corrected chi connectivity index (χ2v) is 6.13. The van der Waals surface area contributed by atoms with E-state index in [1.165, 1.54) is 4.68 Å². The SMILES string of the molecule is CC[C@H](C(=O)N1N=C(C(F)F)C[C@@]1(O)C(F)F)n1nc(C)c(Cl)c1C. The minimum Gasteiger partial charge on any atom is -0.364 e. The Hall–Kier alpha value is -1.68. The molecule has 1 aliphatic heterocycles. The minimum absolute atomic E-state index is 0.0533. The Morgan fingerprint density at radius 1 is 1.36 bits per heavy atom. The number of carbonyl (C=O) groups excluding carboxylic acids is 1. The fourth-order valence-electron chi connectivity index (χ4n) is 2.66. The zero-order valence-electron chi connectivity index (χ0n) is 13.7. The Kier molecular flexibility index (Phi) is 5.43. The summed E-state index contributed by atoms with van der Waals surface area (Å²) < 4.78 is 53.5. The number of alkyl halides is 4. The molecule has 2 atom stereocenters. The van der Waals surface area contributed by atoms with E-state index in [4.69, 9.17) is 11.6 Å². The molecule has 1 N–H and O–H groups in total. The number of hydrogen-bond acceptors (Lipinski definition) is 4. The van der Waals surface area contributed by atoms with Crippen LogP contribution in [0.1, 0.15) is 37.2 Å². The van der Waals surface area contributed by atoms with Crippen molar-refractivity contribution in [3.63, 3.8) is 0 Å². The van der Waals surface area contributed by atoms with Crippen LogP contribution in [0.2, 0.25) is 5.02 Å². The standard InChI is InChI=1S/C14H17ClF4N4O2/c1-4-9(22-7(3)10(15)6(2)20-22)12(24)23-14(25,13(18)19)5-8(21-23)11(16)17/h9,11,13,25H,4-5H2,1-3H3/t9-,14-/m1/s1. The summed E-state index contributed by atoms with van der Waals surface area (Å²) in [6.45, 7) is 4.76. The molecule has 0 spiro atoms. The first-order chi connectivity index (χ1) is 11.5. The van der Waals surface area contributed by atoms with Gasteiger partial charge in [0.1, 0.15) is 11.8 Å². The number of hydrogen-bond donors (Lipinski definition) is 1. The van der Waals surface area contributed by atoms with Crippen LogP contribution in [-0.4, -0.2) is 50.1 Å². The first-order valence-electron chi connectivity index (χ1n) is 7.45. The lowest BCUT2D eigenvalue weighted by molar-refractivity contribution is -0.194. The zero-order valence-corrected chi connectivity index (χ0v) is 14.4. The van der Waals surface area contributed by atoms with E-state index >= 15 is 0 Å². The van der Waals surface area contributed by atoms with E-state index in [0.29, 0.717) is 16.4 Å². The van der Waals surface area contributed by atoms with E-state index in [2.05, 4.69) is 10.2 Å². The van der Waals surface area contributed by atoms with E-state index in [9.17, 15) is 27.5 Å². The zero-order chi connectivity index (χ0) is 19.1. The van der Waals surface area contributed by atoms with Gasteiger partial charge < -0.3 is 5.11 Å². The van der Waals surface area contributed by atoms with Gasteiger partial charge >= 0.3 is 0 Å². The second kappa shape index (κ2) is 6.91. The summed E-state index contributed by atoms with van der Waals surface area (Å²) in [6, 6.07) is -1.13. The van der Waals surface area contributed by atoms with Gasteiger partial charge in [-0.15, -0.1) is 0 Å². The number of nitrogens with zero attached hydrogens (tertiary/aromatic N) is 4. The van der Waals surface area contributed by atoms with E-state index < -0.39 is 42.7 Å². The summed E-state index contributed by atoms with van der Waals surface area (Å²) in [5.41, 5.74) is -3.25. The predicted octanol–water partition coefficient (Wildman–Crippen LogP) is 2.91. The van der Waals surface area contributed by atoms with Crippen LogP contribution in [0.5, 0.6) is 0 Å². The normalized spacial score (nSPS) is 22.0. The van der Waals surface area contributed by atoms with Crippen LogP contribution in [0.15, 0.2) is 5.10 Å². The van der Waals surface area contributed by atoms with E-state index in [1.54, 1.807) is 20.8 Å². The summed E-state index contributed by atoms with van der Waals surface area (Å²) >= 11 is 6.03. The molecule has 25 heavy (non-hydrogen) atoms. The van der Waals surface area contributed by atoms with Crippen LogP contribution in [0, 0.1) is 13.8 Å². The largest absolute Gasteiger partial charge is 0.364 e. The predicted molar refractivity (Wildman–Crippen MR) is 81.9 cm³/mol. The van der Waals surface area contributed by atoms with Gasteiger partial charge in [-0.25, -0.2) is 17.6 Å². The number of aromatic nitrogens is 2. The van der Waals surface area contributed by atoms with Gasteiger partial charge in [0, 0.05) is 6.42 Å². The van der Waals surface area contributed by atoms with Crippen molar-refractivity contribution in [3.8, 4) is 0 Å². The Morgan fingerprint density at radius 3 is 2.36 bits per heavy atom. The van der Waals surface area contributed by atoms with Gasteiger partial charge in [0.15, 0.2) is 0 Å². The number of carbonyl (C=O) groups is 1. The highest BCUT2D eigenvalue weighted by atomic mass is 35.5. The highest BCUT2D eigenvalue weighted by molar-refractivity contribution is 6.31. The first kappa shape index (κ1) is 19.6. The van der Waals surface area contributed by atoms with Gasteiger partial charge in [-0.05, 0) is 20.3 Å². The Bertz CT molecular complexity index is 709. The quantitative estimate of drug-likeness (QED) is 0.793. The lowest BCUT2D eigenvalue weighted by atomic mass is 10.1. The smallest absolute Gasteiger partial charge is 0.287 e. The summed E-state index contributed by atoms with van der Waals surface area (Å²) in [7, 11) is 0. The molecule has 11 heteroatoms. The number of halogens is 5. The van der Waals surface area contributed by atoms with Crippen LogP contribution in [-0.2, 0) is 4.79 Å². The molecule has 1 aliphatic rings. The van der Waals surface area contributed by atoms with Crippen molar-refractivity contribution in [1.29, 1.82) is 0 Å².